The molecule has 0 aliphatic heterocycles. The van der Waals surface area contributed by atoms with Gasteiger partial charge in [0.2, 0.25) is 5.91 Å². The third-order valence-electron chi connectivity index (χ3n) is 2.86. The number of hydrogen-bond acceptors (Lipinski definition) is 3. The smallest absolute Gasteiger partial charge is 0.234 e. The van der Waals surface area contributed by atoms with Crippen LogP contribution in [0.5, 0.6) is 0 Å². The van der Waals surface area contributed by atoms with Crippen molar-refractivity contribution in [3.05, 3.63) is 35.9 Å². The summed E-state index contributed by atoms with van der Waals surface area (Å²) in [5, 5.41) is 3.20. The Balaban J connectivity index is 2.36. The Bertz CT molecular complexity index is 351. The van der Waals surface area contributed by atoms with E-state index in [0.717, 1.165) is 25.9 Å². The number of likely N-dealkylation sites (N-methyl/N-ethyl adjacent to an activating group) is 1. The van der Waals surface area contributed by atoms with Gasteiger partial charge in [0.25, 0.3) is 0 Å². The van der Waals surface area contributed by atoms with Crippen LogP contribution in [0.3, 0.4) is 0 Å². The molecule has 1 aromatic rings. The molecular formula is C14H23N3O. The van der Waals surface area contributed by atoms with E-state index in [0.29, 0.717) is 0 Å². The normalized spacial score (nSPS) is 12.6. The van der Waals surface area contributed by atoms with Gasteiger partial charge >= 0.3 is 0 Å². The first-order valence-electron chi connectivity index (χ1n) is 6.31. The van der Waals surface area contributed by atoms with Crippen molar-refractivity contribution in [2.45, 2.75) is 18.9 Å². The van der Waals surface area contributed by atoms with Gasteiger partial charge in [-0.25, -0.2) is 0 Å². The van der Waals surface area contributed by atoms with E-state index in [1.54, 1.807) is 0 Å². The van der Waals surface area contributed by atoms with Crippen LogP contribution in [0.25, 0.3) is 0 Å². The number of rotatable bonds is 8. The maximum Gasteiger partial charge on any atom is 0.234 e. The zero-order chi connectivity index (χ0) is 13.4. The number of benzene rings is 1. The SMILES string of the molecule is CN(C)CCNC(CCc1ccccc1)C(N)=O. The first kappa shape index (κ1) is 14.7. The molecular weight excluding hydrogens is 226 g/mol. The Hall–Kier alpha value is -1.39. The van der Waals surface area contributed by atoms with E-state index in [-0.39, 0.29) is 11.9 Å². The Kier molecular flexibility index (Phi) is 6.39. The molecule has 0 bridgehead atoms. The molecule has 0 aliphatic rings. The van der Waals surface area contributed by atoms with Crippen LogP contribution in [-0.2, 0) is 11.2 Å². The van der Waals surface area contributed by atoms with E-state index in [1.165, 1.54) is 5.56 Å². The maximum absolute atomic E-state index is 11.3. The Morgan fingerprint density at radius 3 is 2.56 bits per heavy atom. The quantitative estimate of drug-likeness (QED) is 0.710. The van der Waals surface area contributed by atoms with Gasteiger partial charge in [-0.2, -0.15) is 0 Å². The van der Waals surface area contributed by atoms with E-state index in [2.05, 4.69) is 22.3 Å². The van der Waals surface area contributed by atoms with Crippen molar-refractivity contribution in [1.29, 1.82) is 0 Å². The molecule has 0 spiro atoms. The van der Waals surface area contributed by atoms with Gasteiger partial charge < -0.3 is 16.0 Å². The number of nitrogens with one attached hydrogen (secondary N) is 1. The molecule has 0 aromatic heterocycles. The summed E-state index contributed by atoms with van der Waals surface area (Å²) in [5.41, 5.74) is 6.64. The maximum atomic E-state index is 11.3. The molecule has 1 unspecified atom stereocenters. The summed E-state index contributed by atoms with van der Waals surface area (Å²) in [4.78, 5) is 13.4. The second kappa shape index (κ2) is 7.84. The predicted octanol–water partition coefficient (Wildman–Crippen LogP) is 0.624. The van der Waals surface area contributed by atoms with Gasteiger partial charge in [0.1, 0.15) is 0 Å². The summed E-state index contributed by atoms with van der Waals surface area (Å²) in [5.74, 6) is -0.273. The van der Waals surface area contributed by atoms with Gasteiger partial charge in [0.05, 0.1) is 6.04 Å². The standard InChI is InChI=1S/C14H23N3O/c1-17(2)11-10-16-13(14(15)18)9-8-12-6-4-3-5-7-12/h3-7,13,16H,8-11H2,1-2H3,(H2,15,18). The first-order valence-corrected chi connectivity index (χ1v) is 6.31. The Morgan fingerprint density at radius 1 is 1.33 bits per heavy atom. The molecule has 18 heavy (non-hydrogen) atoms. The molecule has 1 amide bonds. The summed E-state index contributed by atoms with van der Waals surface area (Å²) < 4.78 is 0. The van der Waals surface area contributed by atoms with Gasteiger partial charge in [-0.3, -0.25) is 4.79 Å². The van der Waals surface area contributed by atoms with Crippen molar-refractivity contribution in [2.24, 2.45) is 5.73 Å². The molecule has 0 saturated carbocycles. The Labute approximate surface area is 109 Å². The van der Waals surface area contributed by atoms with E-state index in [9.17, 15) is 4.79 Å². The summed E-state index contributed by atoms with van der Waals surface area (Å²) >= 11 is 0. The highest BCUT2D eigenvalue weighted by Crippen LogP contribution is 2.04. The minimum Gasteiger partial charge on any atom is -0.368 e. The van der Waals surface area contributed by atoms with Gasteiger partial charge in [0, 0.05) is 13.1 Å². The number of carbonyl (C=O) groups is 1. The number of hydrogen-bond donors (Lipinski definition) is 2. The number of nitrogens with zero attached hydrogens (tertiary/aromatic N) is 1. The van der Waals surface area contributed by atoms with Crippen LogP contribution >= 0.6 is 0 Å². The third-order valence-corrected chi connectivity index (χ3v) is 2.86. The van der Waals surface area contributed by atoms with Gasteiger partial charge in [-0.05, 0) is 32.5 Å². The first-order chi connectivity index (χ1) is 8.59. The summed E-state index contributed by atoms with van der Waals surface area (Å²) in [6.45, 7) is 1.67. The second-order valence-electron chi connectivity index (χ2n) is 4.74. The Morgan fingerprint density at radius 2 is 2.00 bits per heavy atom. The third kappa shape index (κ3) is 5.80. The van der Waals surface area contributed by atoms with Crippen LogP contribution in [0.1, 0.15) is 12.0 Å². The van der Waals surface area contributed by atoms with Crippen LogP contribution in [0.2, 0.25) is 0 Å². The lowest BCUT2D eigenvalue weighted by molar-refractivity contribution is -0.120. The molecule has 1 rings (SSSR count). The molecule has 0 aliphatic carbocycles. The van der Waals surface area contributed by atoms with Crippen LogP contribution in [-0.4, -0.2) is 44.0 Å². The highest BCUT2D eigenvalue weighted by atomic mass is 16.1. The monoisotopic (exact) mass is 249 g/mol. The summed E-state index contributed by atoms with van der Waals surface area (Å²) in [6, 6.07) is 9.90. The van der Waals surface area contributed by atoms with Crippen LogP contribution in [0.15, 0.2) is 30.3 Å². The predicted molar refractivity (Wildman–Crippen MR) is 74.3 cm³/mol. The van der Waals surface area contributed by atoms with Crippen LogP contribution < -0.4 is 11.1 Å². The average molecular weight is 249 g/mol. The molecule has 1 atom stereocenters. The van der Waals surface area contributed by atoms with Crippen molar-refractivity contribution in [3.63, 3.8) is 0 Å². The second-order valence-corrected chi connectivity index (χ2v) is 4.74. The average Bonchev–Trinajstić information content (AvgIpc) is 2.34. The molecule has 0 heterocycles. The highest BCUT2D eigenvalue weighted by molar-refractivity contribution is 5.79. The summed E-state index contributed by atoms with van der Waals surface area (Å²) in [7, 11) is 4.01. The van der Waals surface area contributed by atoms with Crippen molar-refractivity contribution in [1.82, 2.24) is 10.2 Å². The number of carbonyl (C=O) groups excluding carboxylic acids is 1. The zero-order valence-corrected chi connectivity index (χ0v) is 11.2. The molecule has 0 fully saturated rings. The van der Waals surface area contributed by atoms with Gasteiger partial charge in [-0.1, -0.05) is 30.3 Å². The molecule has 4 heteroatoms. The molecule has 0 radical (unpaired) electrons. The lowest BCUT2D eigenvalue weighted by Crippen LogP contribution is -2.44. The minimum absolute atomic E-state index is 0.245. The molecule has 0 saturated heterocycles. The minimum atomic E-state index is -0.273. The van der Waals surface area contributed by atoms with Gasteiger partial charge in [0.15, 0.2) is 0 Å². The number of amides is 1. The summed E-state index contributed by atoms with van der Waals surface area (Å²) in [6.07, 6.45) is 1.61. The zero-order valence-electron chi connectivity index (χ0n) is 11.2. The fourth-order valence-electron chi connectivity index (χ4n) is 1.76. The number of aryl methyl sites for hydroxylation is 1. The molecule has 3 N–H and O–H groups in total. The molecule has 100 valence electrons. The van der Waals surface area contributed by atoms with Crippen LogP contribution in [0, 0.1) is 0 Å². The van der Waals surface area contributed by atoms with Crippen molar-refractivity contribution in [2.75, 3.05) is 27.2 Å². The van der Waals surface area contributed by atoms with E-state index >= 15 is 0 Å². The van der Waals surface area contributed by atoms with Crippen molar-refractivity contribution >= 4 is 5.91 Å². The van der Waals surface area contributed by atoms with E-state index < -0.39 is 0 Å². The topological polar surface area (TPSA) is 58.4 Å². The largest absolute Gasteiger partial charge is 0.368 e. The lowest BCUT2D eigenvalue weighted by atomic mass is 10.0. The molecule has 4 nitrogen and oxygen atoms in total. The van der Waals surface area contributed by atoms with Crippen molar-refractivity contribution < 1.29 is 4.79 Å². The van der Waals surface area contributed by atoms with E-state index in [1.807, 2.05) is 32.3 Å². The van der Waals surface area contributed by atoms with Crippen LogP contribution in [0.4, 0.5) is 0 Å². The number of primary amides is 1. The fourth-order valence-corrected chi connectivity index (χ4v) is 1.76. The fraction of sp³-hybridized carbons (Fsp3) is 0.500. The highest BCUT2D eigenvalue weighted by Gasteiger charge is 2.14. The van der Waals surface area contributed by atoms with E-state index in [4.69, 9.17) is 5.73 Å². The van der Waals surface area contributed by atoms with Gasteiger partial charge in [-0.15, -0.1) is 0 Å². The number of nitrogens with two attached hydrogens (primary N) is 1. The molecule has 1 aromatic carbocycles. The van der Waals surface area contributed by atoms with Crippen molar-refractivity contribution in [3.8, 4) is 0 Å². The lowest BCUT2D eigenvalue weighted by Gasteiger charge is -2.17.